The van der Waals surface area contributed by atoms with Gasteiger partial charge in [0.15, 0.2) is 0 Å². The molecular weight excluding hydrogens is 539 g/mol. The zero-order valence-electron chi connectivity index (χ0n) is 21.4. The second kappa shape index (κ2) is 10.5. The Kier molecular flexibility index (Phi) is 7.33. The number of oxazole rings is 1. The lowest BCUT2D eigenvalue weighted by molar-refractivity contribution is -0.297. The maximum absolute atomic E-state index is 14.4. The highest BCUT2D eigenvalue weighted by atomic mass is 19.4. The van der Waals surface area contributed by atoms with Crippen LogP contribution in [0.1, 0.15) is 66.5 Å². The van der Waals surface area contributed by atoms with Crippen molar-refractivity contribution in [2.75, 3.05) is 26.3 Å². The van der Waals surface area contributed by atoms with Gasteiger partial charge in [-0.1, -0.05) is 25.0 Å². The van der Waals surface area contributed by atoms with E-state index in [2.05, 4.69) is 16.4 Å². The van der Waals surface area contributed by atoms with Gasteiger partial charge in [-0.05, 0) is 37.8 Å². The minimum Gasteiger partial charge on any atom is -0.439 e. The fraction of sp³-hybridized carbons (Fsp3) is 0.556. The molecule has 214 valence electrons. The first-order valence-corrected chi connectivity index (χ1v) is 13.1. The molecule has 1 N–H and O–H groups in total. The maximum atomic E-state index is 14.4. The van der Waals surface area contributed by atoms with Crippen LogP contribution in [0.5, 0.6) is 0 Å². The van der Waals surface area contributed by atoms with Crippen molar-refractivity contribution in [3.05, 3.63) is 41.5 Å². The van der Waals surface area contributed by atoms with Crippen LogP contribution >= 0.6 is 0 Å². The van der Waals surface area contributed by atoms with Crippen LogP contribution in [0.3, 0.4) is 0 Å². The van der Waals surface area contributed by atoms with Gasteiger partial charge >= 0.3 is 12.1 Å². The SMILES string of the molecule is N#CC1(NC(=O)[C@@H]2CCCC[C@H]2c2oc(C(F)(F)C(F)(F)F)nc2-c2ccc(C(=O)N3CCOCC3)cc2)CC1. The van der Waals surface area contributed by atoms with Crippen molar-refractivity contribution < 1.29 is 40.7 Å². The van der Waals surface area contributed by atoms with E-state index in [1.165, 1.54) is 24.3 Å². The Morgan fingerprint density at radius 3 is 2.30 bits per heavy atom. The molecule has 2 amide bonds. The van der Waals surface area contributed by atoms with Crippen LogP contribution in [0.4, 0.5) is 22.0 Å². The minimum atomic E-state index is -5.95. The number of nitriles is 1. The predicted molar refractivity (Wildman–Crippen MR) is 129 cm³/mol. The van der Waals surface area contributed by atoms with Gasteiger partial charge in [0.25, 0.3) is 11.8 Å². The third-order valence-electron chi connectivity index (χ3n) is 7.75. The molecule has 5 rings (SSSR count). The van der Waals surface area contributed by atoms with Gasteiger partial charge in [-0.25, -0.2) is 4.98 Å². The smallest absolute Gasteiger partial charge is 0.439 e. The third-order valence-corrected chi connectivity index (χ3v) is 7.75. The molecule has 1 aliphatic heterocycles. The highest BCUT2D eigenvalue weighted by Crippen LogP contribution is 2.48. The fourth-order valence-corrected chi connectivity index (χ4v) is 5.24. The number of rotatable bonds is 6. The monoisotopic (exact) mass is 566 g/mol. The average molecular weight is 567 g/mol. The van der Waals surface area contributed by atoms with E-state index in [4.69, 9.17) is 9.15 Å². The summed E-state index contributed by atoms with van der Waals surface area (Å²) in [4.78, 5) is 31.2. The van der Waals surface area contributed by atoms with E-state index >= 15 is 0 Å². The third kappa shape index (κ3) is 5.29. The first-order valence-electron chi connectivity index (χ1n) is 13.1. The number of carbonyl (C=O) groups excluding carboxylic acids is 2. The number of hydrogen-bond donors (Lipinski definition) is 1. The molecule has 0 radical (unpaired) electrons. The average Bonchev–Trinajstić information content (AvgIpc) is 3.58. The van der Waals surface area contributed by atoms with Crippen molar-refractivity contribution in [2.45, 2.75) is 62.1 Å². The summed E-state index contributed by atoms with van der Waals surface area (Å²) < 4.78 is 79.0. The molecular formula is C27H27F5N4O4. The Labute approximate surface area is 226 Å². The van der Waals surface area contributed by atoms with Gasteiger partial charge in [-0.2, -0.15) is 27.2 Å². The molecule has 8 nitrogen and oxygen atoms in total. The lowest BCUT2D eigenvalue weighted by Crippen LogP contribution is -2.42. The molecule has 2 aromatic rings. The number of ether oxygens (including phenoxy) is 1. The topological polar surface area (TPSA) is 108 Å². The second-order valence-corrected chi connectivity index (χ2v) is 10.5. The van der Waals surface area contributed by atoms with Gasteiger partial charge in [0.2, 0.25) is 5.91 Å². The summed E-state index contributed by atoms with van der Waals surface area (Å²) in [5, 5.41) is 12.1. The normalized spacial score (nSPS) is 22.9. The number of nitrogens with zero attached hydrogens (tertiary/aromatic N) is 3. The molecule has 2 saturated carbocycles. The Morgan fingerprint density at radius 1 is 1.05 bits per heavy atom. The second-order valence-electron chi connectivity index (χ2n) is 10.5. The van der Waals surface area contributed by atoms with Crippen LogP contribution < -0.4 is 5.32 Å². The summed E-state index contributed by atoms with van der Waals surface area (Å²) >= 11 is 0. The van der Waals surface area contributed by atoms with E-state index in [1.54, 1.807) is 4.90 Å². The number of morpholine rings is 1. The molecule has 0 spiro atoms. The van der Waals surface area contributed by atoms with E-state index in [-0.39, 0.29) is 22.9 Å². The summed E-state index contributed by atoms with van der Waals surface area (Å²) in [6.07, 6.45) is -3.11. The van der Waals surface area contributed by atoms with Gasteiger partial charge in [0.05, 0.1) is 19.3 Å². The Hall–Kier alpha value is -3.53. The molecule has 13 heteroatoms. The zero-order chi connectivity index (χ0) is 28.7. The van der Waals surface area contributed by atoms with Crippen molar-refractivity contribution in [3.63, 3.8) is 0 Å². The highest BCUT2D eigenvalue weighted by Gasteiger charge is 2.63. The van der Waals surface area contributed by atoms with Crippen molar-refractivity contribution >= 4 is 11.8 Å². The largest absolute Gasteiger partial charge is 0.463 e. The molecule has 2 heterocycles. The maximum Gasteiger partial charge on any atom is 0.463 e. The summed E-state index contributed by atoms with van der Waals surface area (Å²) in [6, 6.07) is 7.78. The highest BCUT2D eigenvalue weighted by molar-refractivity contribution is 5.94. The van der Waals surface area contributed by atoms with Gasteiger partial charge in [-0.3, -0.25) is 9.59 Å². The summed E-state index contributed by atoms with van der Waals surface area (Å²) in [5.41, 5.74) is -0.740. The van der Waals surface area contributed by atoms with Crippen molar-refractivity contribution in [1.29, 1.82) is 5.26 Å². The standard InChI is InChI=1S/C27H27F5N4O4/c28-26(29,27(30,31)32)24-34-20(16-5-7-17(8-6-16)23(38)36-11-13-39-14-12-36)21(40-24)18-3-1-2-4-19(18)22(37)35-25(15-33)9-10-25/h5-8,18-19H,1-4,9-14H2,(H,35,37)/t18-,19-/m1/s1. The predicted octanol–water partition coefficient (Wildman–Crippen LogP) is 4.91. The molecule has 1 saturated heterocycles. The van der Waals surface area contributed by atoms with Gasteiger partial charge < -0.3 is 19.4 Å². The van der Waals surface area contributed by atoms with Crippen LogP contribution in [0.25, 0.3) is 11.3 Å². The molecule has 0 unspecified atom stereocenters. The molecule has 3 fully saturated rings. The minimum absolute atomic E-state index is 0.168. The van der Waals surface area contributed by atoms with E-state index in [9.17, 15) is 36.8 Å². The van der Waals surface area contributed by atoms with Crippen LogP contribution in [-0.2, 0) is 15.5 Å². The molecule has 40 heavy (non-hydrogen) atoms. The summed E-state index contributed by atoms with van der Waals surface area (Å²) in [6.45, 7) is 1.60. The van der Waals surface area contributed by atoms with Crippen LogP contribution in [0, 0.1) is 17.2 Å². The molecule has 1 aromatic carbocycles. The van der Waals surface area contributed by atoms with Crippen LogP contribution in [0.2, 0.25) is 0 Å². The van der Waals surface area contributed by atoms with Crippen molar-refractivity contribution in [2.24, 2.45) is 5.92 Å². The Bertz CT molecular complexity index is 1310. The molecule has 2 atom stereocenters. The number of halogens is 5. The van der Waals surface area contributed by atoms with Gasteiger partial charge in [0, 0.05) is 36.1 Å². The molecule has 1 aromatic heterocycles. The van der Waals surface area contributed by atoms with E-state index in [0.717, 1.165) is 0 Å². The number of carbonyl (C=O) groups is 2. The summed E-state index contributed by atoms with van der Waals surface area (Å²) in [5.74, 6) is -9.79. The van der Waals surface area contributed by atoms with Crippen molar-refractivity contribution in [1.82, 2.24) is 15.2 Å². The number of alkyl halides is 5. The first kappa shape index (κ1) is 28.0. The number of aromatic nitrogens is 1. The molecule has 3 aliphatic rings. The molecule has 2 aliphatic carbocycles. The van der Waals surface area contributed by atoms with E-state index < -0.39 is 41.3 Å². The number of nitrogens with one attached hydrogen (secondary N) is 1. The lowest BCUT2D eigenvalue weighted by atomic mass is 9.76. The zero-order valence-corrected chi connectivity index (χ0v) is 21.4. The Morgan fingerprint density at radius 2 is 1.70 bits per heavy atom. The first-order chi connectivity index (χ1) is 19.0. The number of benzene rings is 1. The number of amides is 2. The Balaban J connectivity index is 1.51. The quantitative estimate of drug-likeness (QED) is 0.498. The summed E-state index contributed by atoms with van der Waals surface area (Å²) in [7, 11) is 0. The van der Waals surface area contributed by atoms with Gasteiger partial charge in [0.1, 0.15) is 17.0 Å². The van der Waals surface area contributed by atoms with Gasteiger partial charge in [-0.15, -0.1) is 0 Å². The van der Waals surface area contributed by atoms with E-state index in [1.807, 2.05) is 0 Å². The van der Waals surface area contributed by atoms with E-state index in [0.29, 0.717) is 70.4 Å². The fourth-order valence-electron chi connectivity index (χ4n) is 5.24. The number of hydrogen-bond acceptors (Lipinski definition) is 6. The molecule has 0 bridgehead atoms. The van der Waals surface area contributed by atoms with Crippen molar-refractivity contribution in [3.8, 4) is 17.3 Å². The van der Waals surface area contributed by atoms with Crippen LogP contribution in [0.15, 0.2) is 28.7 Å². The van der Waals surface area contributed by atoms with Crippen LogP contribution in [-0.4, -0.2) is 59.7 Å². The lowest BCUT2D eigenvalue weighted by Gasteiger charge is -2.30.